The van der Waals surface area contributed by atoms with Gasteiger partial charge in [0.1, 0.15) is 5.60 Å². The van der Waals surface area contributed by atoms with E-state index in [2.05, 4.69) is 41.8 Å². The standard InChI is InChI=1S/C20H31N3O3/c1-15-5-7-16(8-6-15)9-12-21-18(24)22-17-10-13-23(14-11-17)19(25)26-20(2,3)4/h5-8,17H,9-14H2,1-4H3,(H2,21,22,24). The number of ether oxygens (including phenoxy) is 1. The molecule has 0 bridgehead atoms. The number of likely N-dealkylation sites (tertiary alicyclic amines) is 1. The van der Waals surface area contributed by atoms with Gasteiger partial charge in [0.25, 0.3) is 0 Å². The number of piperidine rings is 1. The molecule has 26 heavy (non-hydrogen) atoms. The summed E-state index contributed by atoms with van der Waals surface area (Å²) in [5, 5.41) is 5.90. The summed E-state index contributed by atoms with van der Waals surface area (Å²) in [7, 11) is 0. The molecule has 0 unspecified atom stereocenters. The number of benzene rings is 1. The highest BCUT2D eigenvalue weighted by Gasteiger charge is 2.27. The maximum absolute atomic E-state index is 12.0. The van der Waals surface area contributed by atoms with Gasteiger partial charge in [-0.25, -0.2) is 9.59 Å². The summed E-state index contributed by atoms with van der Waals surface area (Å²) in [6.07, 6.45) is 2.01. The second kappa shape index (κ2) is 8.92. The number of hydrogen-bond acceptors (Lipinski definition) is 3. The van der Waals surface area contributed by atoms with Crippen LogP contribution in [0.15, 0.2) is 24.3 Å². The maximum atomic E-state index is 12.0. The van der Waals surface area contributed by atoms with E-state index in [-0.39, 0.29) is 18.2 Å². The summed E-state index contributed by atoms with van der Waals surface area (Å²) in [5.74, 6) is 0. The summed E-state index contributed by atoms with van der Waals surface area (Å²) in [4.78, 5) is 25.8. The lowest BCUT2D eigenvalue weighted by Gasteiger charge is -2.33. The van der Waals surface area contributed by atoms with E-state index < -0.39 is 5.60 Å². The lowest BCUT2D eigenvalue weighted by atomic mass is 10.1. The summed E-state index contributed by atoms with van der Waals surface area (Å²) in [6.45, 7) is 9.45. The zero-order chi connectivity index (χ0) is 19.2. The number of carbonyl (C=O) groups is 2. The molecular weight excluding hydrogens is 330 g/mol. The minimum atomic E-state index is -0.483. The van der Waals surface area contributed by atoms with Crippen molar-refractivity contribution in [2.45, 2.75) is 58.6 Å². The van der Waals surface area contributed by atoms with Crippen LogP contribution < -0.4 is 10.6 Å². The molecule has 2 N–H and O–H groups in total. The first-order valence-electron chi connectivity index (χ1n) is 9.31. The number of nitrogens with one attached hydrogen (secondary N) is 2. The third kappa shape index (κ3) is 6.94. The number of nitrogens with zero attached hydrogens (tertiary/aromatic N) is 1. The topological polar surface area (TPSA) is 70.7 Å². The Morgan fingerprint density at radius 3 is 2.35 bits per heavy atom. The van der Waals surface area contributed by atoms with Crippen LogP contribution in [-0.2, 0) is 11.2 Å². The zero-order valence-corrected chi connectivity index (χ0v) is 16.3. The van der Waals surface area contributed by atoms with Crippen molar-refractivity contribution >= 4 is 12.1 Å². The first-order chi connectivity index (χ1) is 12.2. The van der Waals surface area contributed by atoms with Gasteiger partial charge in [0.05, 0.1) is 0 Å². The van der Waals surface area contributed by atoms with E-state index >= 15 is 0 Å². The molecule has 2 rings (SSSR count). The molecule has 0 spiro atoms. The lowest BCUT2D eigenvalue weighted by Crippen LogP contribution is -2.50. The Morgan fingerprint density at radius 2 is 1.77 bits per heavy atom. The Kier molecular flexibility index (Phi) is 6.89. The quantitative estimate of drug-likeness (QED) is 0.865. The Balaban J connectivity index is 1.64. The molecule has 144 valence electrons. The van der Waals surface area contributed by atoms with Crippen LogP contribution in [-0.4, -0.2) is 48.3 Å². The Bertz CT molecular complexity index is 600. The van der Waals surface area contributed by atoms with Crippen LogP contribution in [0.3, 0.4) is 0 Å². The molecule has 1 fully saturated rings. The fourth-order valence-corrected chi connectivity index (χ4v) is 2.84. The predicted octanol–water partition coefficient (Wildman–Crippen LogP) is 3.24. The molecule has 1 aromatic rings. The molecule has 1 saturated heterocycles. The number of urea groups is 1. The van der Waals surface area contributed by atoms with Gasteiger partial charge in [-0.3, -0.25) is 0 Å². The van der Waals surface area contributed by atoms with Gasteiger partial charge in [-0.15, -0.1) is 0 Å². The van der Waals surface area contributed by atoms with Crippen molar-refractivity contribution in [3.63, 3.8) is 0 Å². The van der Waals surface area contributed by atoms with Gasteiger partial charge in [0.2, 0.25) is 0 Å². The van der Waals surface area contributed by atoms with Crippen molar-refractivity contribution in [3.05, 3.63) is 35.4 Å². The van der Waals surface area contributed by atoms with E-state index in [0.717, 1.165) is 19.3 Å². The highest BCUT2D eigenvalue weighted by Crippen LogP contribution is 2.15. The van der Waals surface area contributed by atoms with Crippen molar-refractivity contribution in [1.82, 2.24) is 15.5 Å². The van der Waals surface area contributed by atoms with Gasteiger partial charge >= 0.3 is 12.1 Å². The molecule has 0 atom stereocenters. The van der Waals surface area contributed by atoms with Crippen molar-refractivity contribution in [1.29, 1.82) is 0 Å². The van der Waals surface area contributed by atoms with Crippen LogP contribution >= 0.6 is 0 Å². The maximum Gasteiger partial charge on any atom is 0.410 e. The smallest absolute Gasteiger partial charge is 0.410 e. The molecule has 0 radical (unpaired) electrons. The Hall–Kier alpha value is -2.24. The predicted molar refractivity (Wildman–Crippen MR) is 102 cm³/mol. The first-order valence-corrected chi connectivity index (χ1v) is 9.31. The average Bonchev–Trinajstić information content (AvgIpc) is 2.56. The van der Waals surface area contributed by atoms with Gasteiger partial charge in [-0.05, 0) is 52.5 Å². The van der Waals surface area contributed by atoms with Gasteiger partial charge in [-0.1, -0.05) is 29.8 Å². The van der Waals surface area contributed by atoms with Crippen LogP contribution in [0.4, 0.5) is 9.59 Å². The van der Waals surface area contributed by atoms with E-state index in [9.17, 15) is 9.59 Å². The minimum absolute atomic E-state index is 0.0908. The Morgan fingerprint density at radius 1 is 1.15 bits per heavy atom. The normalized spacial score (nSPS) is 15.5. The van der Waals surface area contributed by atoms with Crippen LogP contribution in [0.25, 0.3) is 0 Å². The fourth-order valence-electron chi connectivity index (χ4n) is 2.84. The molecule has 6 heteroatoms. The fraction of sp³-hybridized carbons (Fsp3) is 0.600. The summed E-state index contributed by atoms with van der Waals surface area (Å²) in [6, 6.07) is 8.27. The number of aryl methyl sites for hydroxylation is 1. The molecule has 0 aromatic heterocycles. The third-order valence-corrected chi connectivity index (χ3v) is 4.30. The highest BCUT2D eigenvalue weighted by atomic mass is 16.6. The first kappa shape index (κ1) is 20.1. The number of amides is 3. The van der Waals surface area contributed by atoms with Crippen molar-refractivity contribution < 1.29 is 14.3 Å². The summed E-state index contributed by atoms with van der Waals surface area (Å²) in [5.41, 5.74) is 1.96. The van der Waals surface area contributed by atoms with Crippen LogP contribution in [0, 0.1) is 6.92 Å². The molecule has 0 saturated carbocycles. The van der Waals surface area contributed by atoms with Crippen LogP contribution in [0.1, 0.15) is 44.7 Å². The van der Waals surface area contributed by atoms with Gasteiger partial charge in [-0.2, -0.15) is 0 Å². The number of rotatable bonds is 4. The summed E-state index contributed by atoms with van der Waals surface area (Å²) >= 11 is 0. The van der Waals surface area contributed by atoms with Gasteiger partial charge in [0, 0.05) is 25.7 Å². The van der Waals surface area contributed by atoms with Crippen LogP contribution in [0.5, 0.6) is 0 Å². The second-order valence-electron chi connectivity index (χ2n) is 7.88. The number of hydrogen-bond donors (Lipinski definition) is 2. The van der Waals surface area contributed by atoms with Crippen molar-refractivity contribution in [3.8, 4) is 0 Å². The van der Waals surface area contributed by atoms with E-state index in [1.165, 1.54) is 11.1 Å². The molecule has 0 aliphatic carbocycles. The van der Waals surface area contributed by atoms with E-state index in [4.69, 9.17) is 4.74 Å². The minimum Gasteiger partial charge on any atom is -0.444 e. The molecule has 1 aromatic carbocycles. The molecule has 3 amide bonds. The van der Waals surface area contributed by atoms with Crippen LogP contribution in [0.2, 0.25) is 0 Å². The average molecular weight is 361 g/mol. The molecule has 1 aliphatic rings. The Labute approximate surface area is 156 Å². The summed E-state index contributed by atoms with van der Waals surface area (Å²) < 4.78 is 5.38. The molecule has 1 heterocycles. The largest absolute Gasteiger partial charge is 0.444 e. The van der Waals surface area contributed by atoms with Crippen molar-refractivity contribution in [2.75, 3.05) is 19.6 Å². The molecular formula is C20H31N3O3. The zero-order valence-electron chi connectivity index (χ0n) is 16.3. The van der Waals surface area contributed by atoms with Gasteiger partial charge < -0.3 is 20.3 Å². The lowest BCUT2D eigenvalue weighted by molar-refractivity contribution is 0.0201. The second-order valence-corrected chi connectivity index (χ2v) is 7.88. The monoisotopic (exact) mass is 361 g/mol. The van der Waals surface area contributed by atoms with E-state index in [1.807, 2.05) is 20.8 Å². The molecule has 1 aliphatic heterocycles. The van der Waals surface area contributed by atoms with Gasteiger partial charge in [0.15, 0.2) is 0 Å². The van der Waals surface area contributed by atoms with Crippen molar-refractivity contribution in [2.24, 2.45) is 0 Å². The van der Waals surface area contributed by atoms with E-state index in [0.29, 0.717) is 19.6 Å². The molecule has 6 nitrogen and oxygen atoms in total. The highest BCUT2D eigenvalue weighted by molar-refractivity contribution is 5.74. The number of carbonyl (C=O) groups excluding carboxylic acids is 2. The SMILES string of the molecule is Cc1ccc(CCNC(=O)NC2CCN(C(=O)OC(C)(C)C)CC2)cc1. The third-order valence-electron chi connectivity index (χ3n) is 4.30. The van der Waals surface area contributed by atoms with E-state index in [1.54, 1.807) is 4.90 Å².